The lowest BCUT2D eigenvalue weighted by Crippen LogP contribution is -2.47. The Labute approximate surface area is 232 Å². The second-order valence-corrected chi connectivity index (χ2v) is 10.6. The average molecular weight is 535 g/mol. The van der Waals surface area contributed by atoms with E-state index >= 15 is 0 Å². The molecule has 8 nitrogen and oxygen atoms in total. The van der Waals surface area contributed by atoms with E-state index in [2.05, 4.69) is 69.2 Å². The van der Waals surface area contributed by atoms with Crippen molar-refractivity contribution in [1.82, 2.24) is 14.9 Å². The first-order valence-corrected chi connectivity index (χ1v) is 14.1. The fourth-order valence-electron chi connectivity index (χ4n) is 5.83. The van der Waals surface area contributed by atoms with Gasteiger partial charge in [-0.25, -0.2) is 4.98 Å². The Morgan fingerprint density at radius 1 is 1.15 bits per heavy atom. The molecule has 210 valence electrons. The number of nitrogens with zero attached hydrogens (tertiary/aromatic N) is 3. The number of aromatic nitrogens is 2. The van der Waals surface area contributed by atoms with E-state index in [1.807, 2.05) is 18.7 Å². The highest BCUT2D eigenvalue weighted by Gasteiger charge is 2.33. The number of nitrogens with one attached hydrogen (secondary N) is 1. The van der Waals surface area contributed by atoms with E-state index < -0.39 is 0 Å². The summed E-state index contributed by atoms with van der Waals surface area (Å²) in [4.78, 5) is 6.62. The van der Waals surface area contributed by atoms with Crippen LogP contribution >= 0.6 is 0 Å². The summed E-state index contributed by atoms with van der Waals surface area (Å²) in [6.45, 7) is 6.97. The zero-order valence-electron chi connectivity index (χ0n) is 23.4. The van der Waals surface area contributed by atoms with Crippen LogP contribution in [0.25, 0.3) is 0 Å². The summed E-state index contributed by atoms with van der Waals surface area (Å²) < 4.78 is 25.5. The van der Waals surface area contributed by atoms with Gasteiger partial charge in [0.2, 0.25) is 0 Å². The first-order chi connectivity index (χ1) is 19.1. The number of rotatable bonds is 12. The molecule has 0 unspecified atom stereocenters. The molecule has 2 aliphatic rings. The van der Waals surface area contributed by atoms with Crippen LogP contribution in [0.15, 0.2) is 61.2 Å². The maximum absolute atomic E-state index is 6.65. The maximum atomic E-state index is 6.65. The van der Waals surface area contributed by atoms with Gasteiger partial charge in [-0.15, -0.1) is 0 Å². The van der Waals surface area contributed by atoms with Crippen molar-refractivity contribution in [3.63, 3.8) is 0 Å². The van der Waals surface area contributed by atoms with Gasteiger partial charge in [0.15, 0.2) is 0 Å². The Bertz CT molecular complexity index is 1150. The molecular formula is C31H42N4O4. The zero-order chi connectivity index (χ0) is 27.0. The molecule has 1 saturated heterocycles. The summed E-state index contributed by atoms with van der Waals surface area (Å²) in [5.74, 6) is 2.12. The molecule has 8 heteroatoms. The van der Waals surface area contributed by atoms with Gasteiger partial charge in [-0.2, -0.15) is 0 Å². The Balaban J connectivity index is 1.27. The van der Waals surface area contributed by atoms with Crippen molar-refractivity contribution in [2.45, 2.75) is 56.9 Å². The predicted molar refractivity (Wildman–Crippen MR) is 153 cm³/mol. The third-order valence-corrected chi connectivity index (χ3v) is 8.02. The minimum Gasteiger partial charge on any atom is -0.497 e. The number of methoxy groups -OCH3 is 2. The molecule has 0 radical (unpaired) electrons. The quantitative estimate of drug-likeness (QED) is 0.335. The van der Waals surface area contributed by atoms with E-state index in [-0.39, 0.29) is 6.10 Å². The number of benzene rings is 2. The fraction of sp³-hybridized carbons (Fsp3) is 0.516. The molecule has 39 heavy (non-hydrogen) atoms. The number of hydrogen-bond donors (Lipinski definition) is 1. The minimum atomic E-state index is 0.0725. The third-order valence-electron chi connectivity index (χ3n) is 8.02. The van der Waals surface area contributed by atoms with Crippen LogP contribution in [0, 0.1) is 0 Å². The summed E-state index contributed by atoms with van der Waals surface area (Å²) in [7, 11) is 3.46. The van der Waals surface area contributed by atoms with Crippen LogP contribution in [0.4, 0.5) is 5.69 Å². The van der Waals surface area contributed by atoms with Gasteiger partial charge in [-0.05, 0) is 61.6 Å². The second-order valence-electron chi connectivity index (χ2n) is 10.6. The van der Waals surface area contributed by atoms with Crippen LogP contribution in [0.3, 0.4) is 0 Å². The molecule has 4 atom stereocenters. The van der Waals surface area contributed by atoms with Crippen molar-refractivity contribution in [2.75, 3.05) is 52.0 Å². The molecule has 0 spiro atoms. The van der Waals surface area contributed by atoms with Crippen LogP contribution in [0.1, 0.15) is 49.3 Å². The van der Waals surface area contributed by atoms with Gasteiger partial charge in [-0.1, -0.05) is 18.2 Å². The van der Waals surface area contributed by atoms with Crippen LogP contribution < -0.4 is 19.7 Å². The highest BCUT2D eigenvalue weighted by molar-refractivity contribution is 5.61. The smallest absolute Gasteiger partial charge is 0.142 e. The largest absolute Gasteiger partial charge is 0.497 e. The lowest BCUT2D eigenvalue weighted by atomic mass is 9.82. The van der Waals surface area contributed by atoms with E-state index in [0.29, 0.717) is 31.2 Å². The van der Waals surface area contributed by atoms with E-state index in [0.717, 1.165) is 62.7 Å². The monoisotopic (exact) mass is 534 g/mol. The summed E-state index contributed by atoms with van der Waals surface area (Å²) >= 11 is 0. The summed E-state index contributed by atoms with van der Waals surface area (Å²) in [6, 6.07) is 15.7. The average Bonchev–Trinajstić information content (AvgIpc) is 3.52. The van der Waals surface area contributed by atoms with Crippen molar-refractivity contribution in [2.24, 2.45) is 0 Å². The fourth-order valence-corrected chi connectivity index (χ4v) is 5.83. The molecule has 0 aliphatic carbocycles. The highest BCUT2D eigenvalue weighted by Crippen LogP contribution is 2.36. The summed E-state index contributed by atoms with van der Waals surface area (Å²) in [5, 5.41) is 3.78. The molecule has 1 N–H and O–H groups in total. The molecule has 5 rings (SSSR count). The first kappa shape index (κ1) is 27.5. The van der Waals surface area contributed by atoms with Gasteiger partial charge in [0.25, 0.3) is 0 Å². The van der Waals surface area contributed by atoms with E-state index in [1.54, 1.807) is 14.2 Å². The number of fused-ring (bicyclic) bond motifs is 1. The van der Waals surface area contributed by atoms with Gasteiger partial charge < -0.3 is 33.7 Å². The van der Waals surface area contributed by atoms with Crippen molar-refractivity contribution in [3.8, 4) is 11.5 Å². The number of anilines is 1. The van der Waals surface area contributed by atoms with Crippen LogP contribution in [-0.2, 0) is 16.1 Å². The lowest BCUT2D eigenvalue weighted by Gasteiger charge is -2.38. The SMILES string of the molecule is COCCCN1CCOc2ccc(CO[C@H]3CN[C@@H](C[C@@H](C)n4ccnc4)C[C@@H]3c3ccc(OC)cc3)cc21. The molecule has 0 amide bonds. The Morgan fingerprint density at radius 2 is 2.03 bits per heavy atom. The Hall–Kier alpha value is -3.07. The van der Waals surface area contributed by atoms with Crippen LogP contribution in [0.2, 0.25) is 0 Å². The Morgan fingerprint density at radius 3 is 2.79 bits per heavy atom. The summed E-state index contributed by atoms with van der Waals surface area (Å²) in [6.07, 6.45) is 8.92. The summed E-state index contributed by atoms with van der Waals surface area (Å²) in [5.41, 5.74) is 3.62. The van der Waals surface area contributed by atoms with Gasteiger partial charge in [-0.3, -0.25) is 0 Å². The third kappa shape index (κ3) is 6.93. The molecule has 1 aromatic heterocycles. The van der Waals surface area contributed by atoms with E-state index in [4.69, 9.17) is 18.9 Å². The molecule has 1 fully saturated rings. The topological polar surface area (TPSA) is 70.0 Å². The highest BCUT2D eigenvalue weighted by atomic mass is 16.5. The van der Waals surface area contributed by atoms with Crippen molar-refractivity contribution >= 4 is 5.69 Å². The molecule has 0 bridgehead atoms. The molecule has 3 aromatic rings. The molecule has 2 aliphatic heterocycles. The minimum absolute atomic E-state index is 0.0725. The van der Waals surface area contributed by atoms with E-state index in [1.165, 1.54) is 11.1 Å². The van der Waals surface area contributed by atoms with Crippen molar-refractivity contribution < 1.29 is 18.9 Å². The van der Waals surface area contributed by atoms with Gasteiger partial charge in [0.1, 0.15) is 18.1 Å². The number of piperidine rings is 1. The first-order valence-electron chi connectivity index (χ1n) is 14.1. The molecule has 0 saturated carbocycles. The van der Waals surface area contributed by atoms with E-state index in [9.17, 15) is 0 Å². The number of ether oxygens (including phenoxy) is 4. The zero-order valence-corrected chi connectivity index (χ0v) is 23.4. The second kappa shape index (κ2) is 13.3. The number of imidazole rings is 1. The van der Waals surface area contributed by atoms with Gasteiger partial charge >= 0.3 is 0 Å². The normalized spacial score (nSPS) is 21.7. The molecule has 3 heterocycles. The molecule has 2 aromatic carbocycles. The Kier molecular flexibility index (Phi) is 9.40. The number of hydrogen-bond acceptors (Lipinski definition) is 7. The maximum Gasteiger partial charge on any atom is 0.142 e. The van der Waals surface area contributed by atoms with Crippen molar-refractivity contribution in [1.29, 1.82) is 0 Å². The van der Waals surface area contributed by atoms with Gasteiger partial charge in [0, 0.05) is 57.2 Å². The van der Waals surface area contributed by atoms with Gasteiger partial charge in [0.05, 0.1) is 38.4 Å². The van der Waals surface area contributed by atoms with Crippen molar-refractivity contribution in [3.05, 3.63) is 72.3 Å². The predicted octanol–water partition coefficient (Wildman–Crippen LogP) is 4.81. The van der Waals surface area contributed by atoms with Crippen LogP contribution in [0.5, 0.6) is 11.5 Å². The van der Waals surface area contributed by atoms with Crippen LogP contribution in [-0.4, -0.2) is 68.8 Å². The molecular weight excluding hydrogens is 492 g/mol. The lowest BCUT2D eigenvalue weighted by molar-refractivity contribution is 0.00135. The standard InChI is InChI=1S/C31H42N4O4/c1-23(35-13-11-32-22-35)17-26-19-28(25-6-8-27(37-3)9-7-25)31(20-33-26)39-21-24-5-10-30-29(18-24)34(14-16-38-30)12-4-15-36-2/h5-11,13,18,22-23,26,28,31,33H,4,12,14-17,19-21H2,1-3H3/t23-,26+,28-,31+/m1/s1.